The molecule has 4 nitrogen and oxygen atoms in total. The topological polar surface area (TPSA) is 44.8 Å². The number of benzene rings is 1. The molecule has 0 spiro atoms. The second-order valence-corrected chi connectivity index (χ2v) is 3.92. The van der Waals surface area contributed by atoms with Gasteiger partial charge >= 0.3 is 0 Å². The van der Waals surface area contributed by atoms with Gasteiger partial charge in [-0.2, -0.15) is 0 Å². The quantitative estimate of drug-likeness (QED) is 0.737. The molecule has 0 saturated carbocycles. The SMILES string of the molecule is CCC(CC)Oc1cc2c(cc1C=O)OCO2. The fourth-order valence-electron chi connectivity index (χ4n) is 1.77. The third-order valence-corrected chi connectivity index (χ3v) is 2.84. The van der Waals surface area contributed by atoms with Crippen molar-refractivity contribution >= 4 is 6.29 Å². The number of hydrogen-bond donors (Lipinski definition) is 0. The summed E-state index contributed by atoms with van der Waals surface area (Å²) in [6.45, 7) is 4.31. The molecule has 0 atom stereocenters. The van der Waals surface area contributed by atoms with Gasteiger partial charge in [0.15, 0.2) is 17.8 Å². The monoisotopic (exact) mass is 236 g/mol. The highest BCUT2D eigenvalue weighted by molar-refractivity contribution is 5.81. The lowest BCUT2D eigenvalue weighted by Gasteiger charge is -2.17. The first-order chi connectivity index (χ1) is 8.28. The number of carbonyl (C=O) groups is 1. The zero-order valence-corrected chi connectivity index (χ0v) is 10.1. The van der Waals surface area contributed by atoms with Crippen LogP contribution in [0.5, 0.6) is 17.2 Å². The van der Waals surface area contributed by atoms with Gasteiger partial charge in [0.1, 0.15) is 5.75 Å². The van der Waals surface area contributed by atoms with E-state index in [0.29, 0.717) is 22.8 Å². The van der Waals surface area contributed by atoms with Crippen LogP contribution in [0, 0.1) is 0 Å². The maximum atomic E-state index is 11.0. The van der Waals surface area contributed by atoms with E-state index in [1.807, 2.05) is 0 Å². The summed E-state index contributed by atoms with van der Waals surface area (Å²) in [5.41, 5.74) is 0.501. The summed E-state index contributed by atoms with van der Waals surface area (Å²) < 4.78 is 16.3. The summed E-state index contributed by atoms with van der Waals surface area (Å²) in [4.78, 5) is 11.0. The van der Waals surface area contributed by atoms with Gasteiger partial charge in [-0.05, 0) is 18.9 Å². The molecular weight excluding hydrogens is 220 g/mol. The Bertz CT molecular complexity index is 410. The largest absolute Gasteiger partial charge is 0.490 e. The van der Waals surface area contributed by atoms with Crippen molar-refractivity contribution in [2.24, 2.45) is 0 Å². The molecule has 0 fully saturated rings. The second kappa shape index (κ2) is 5.08. The summed E-state index contributed by atoms with van der Waals surface area (Å²) in [6.07, 6.45) is 2.71. The van der Waals surface area contributed by atoms with Crippen molar-refractivity contribution in [3.05, 3.63) is 17.7 Å². The molecule has 4 heteroatoms. The lowest BCUT2D eigenvalue weighted by atomic mass is 10.1. The van der Waals surface area contributed by atoms with Gasteiger partial charge in [-0.1, -0.05) is 13.8 Å². The van der Waals surface area contributed by atoms with Crippen LogP contribution in [0.3, 0.4) is 0 Å². The van der Waals surface area contributed by atoms with Crippen LogP contribution in [0.1, 0.15) is 37.0 Å². The van der Waals surface area contributed by atoms with Gasteiger partial charge in [-0.3, -0.25) is 4.79 Å². The van der Waals surface area contributed by atoms with Crippen molar-refractivity contribution in [2.45, 2.75) is 32.8 Å². The molecule has 0 aromatic heterocycles. The molecule has 2 rings (SSSR count). The highest BCUT2D eigenvalue weighted by atomic mass is 16.7. The van der Waals surface area contributed by atoms with E-state index in [9.17, 15) is 4.79 Å². The van der Waals surface area contributed by atoms with Gasteiger partial charge in [0, 0.05) is 6.07 Å². The van der Waals surface area contributed by atoms with Crippen molar-refractivity contribution in [3.8, 4) is 17.2 Å². The molecular formula is C13H16O4. The second-order valence-electron chi connectivity index (χ2n) is 3.92. The van der Waals surface area contributed by atoms with Crippen LogP contribution in [-0.4, -0.2) is 19.2 Å². The molecule has 0 aliphatic carbocycles. The van der Waals surface area contributed by atoms with Crippen LogP contribution >= 0.6 is 0 Å². The fourth-order valence-corrected chi connectivity index (χ4v) is 1.77. The first-order valence-electron chi connectivity index (χ1n) is 5.84. The van der Waals surface area contributed by atoms with Crippen molar-refractivity contribution < 1.29 is 19.0 Å². The Balaban J connectivity index is 2.29. The number of rotatable bonds is 5. The highest BCUT2D eigenvalue weighted by Crippen LogP contribution is 2.38. The molecule has 1 aliphatic rings. The molecule has 0 N–H and O–H groups in total. The van der Waals surface area contributed by atoms with Gasteiger partial charge in [0.05, 0.1) is 11.7 Å². The number of ether oxygens (including phenoxy) is 3. The third-order valence-electron chi connectivity index (χ3n) is 2.84. The molecule has 0 unspecified atom stereocenters. The maximum absolute atomic E-state index is 11.0. The van der Waals surface area contributed by atoms with Crippen LogP contribution in [0.25, 0.3) is 0 Å². The van der Waals surface area contributed by atoms with E-state index in [4.69, 9.17) is 14.2 Å². The predicted molar refractivity (Wildman–Crippen MR) is 63.0 cm³/mol. The maximum Gasteiger partial charge on any atom is 0.231 e. The average Bonchev–Trinajstić information content (AvgIpc) is 2.81. The van der Waals surface area contributed by atoms with E-state index < -0.39 is 0 Å². The van der Waals surface area contributed by atoms with Crippen molar-refractivity contribution in [1.82, 2.24) is 0 Å². The zero-order valence-electron chi connectivity index (χ0n) is 10.1. The number of carbonyl (C=O) groups excluding carboxylic acids is 1. The smallest absolute Gasteiger partial charge is 0.231 e. The number of fused-ring (bicyclic) bond motifs is 1. The van der Waals surface area contributed by atoms with Gasteiger partial charge in [-0.15, -0.1) is 0 Å². The van der Waals surface area contributed by atoms with Gasteiger partial charge in [0.2, 0.25) is 6.79 Å². The van der Waals surface area contributed by atoms with E-state index in [2.05, 4.69) is 13.8 Å². The Labute approximate surface area is 100 Å². The molecule has 1 aliphatic heterocycles. The average molecular weight is 236 g/mol. The number of aldehydes is 1. The Morgan fingerprint density at radius 2 is 1.94 bits per heavy atom. The fraction of sp³-hybridized carbons (Fsp3) is 0.462. The summed E-state index contributed by atoms with van der Waals surface area (Å²) in [7, 11) is 0. The van der Waals surface area contributed by atoms with Gasteiger partial charge in [0.25, 0.3) is 0 Å². The first kappa shape index (κ1) is 11.8. The normalized spacial score (nSPS) is 12.9. The van der Waals surface area contributed by atoms with Crippen molar-refractivity contribution in [3.63, 3.8) is 0 Å². The van der Waals surface area contributed by atoms with Gasteiger partial charge in [-0.25, -0.2) is 0 Å². The minimum atomic E-state index is 0.120. The molecule has 92 valence electrons. The lowest BCUT2D eigenvalue weighted by molar-refractivity contribution is 0.111. The number of hydrogen-bond acceptors (Lipinski definition) is 4. The Morgan fingerprint density at radius 1 is 1.29 bits per heavy atom. The molecule has 17 heavy (non-hydrogen) atoms. The molecule has 1 aromatic rings. The molecule has 0 saturated heterocycles. The molecule has 0 amide bonds. The van der Waals surface area contributed by atoms with Crippen LogP contribution in [0.15, 0.2) is 12.1 Å². The summed E-state index contributed by atoms with van der Waals surface area (Å²) in [5.74, 6) is 1.80. The first-order valence-corrected chi connectivity index (χ1v) is 5.84. The third kappa shape index (κ3) is 2.35. The van der Waals surface area contributed by atoms with E-state index in [1.165, 1.54) is 0 Å². The van der Waals surface area contributed by atoms with Crippen molar-refractivity contribution in [1.29, 1.82) is 0 Å². The molecule has 1 aromatic carbocycles. The Morgan fingerprint density at radius 3 is 2.53 bits per heavy atom. The standard InChI is InChI=1S/C13H16O4/c1-3-10(4-2)17-11-6-13-12(15-8-16-13)5-9(11)7-14/h5-7,10H,3-4,8H2,1-2H3. The zero-order chi connectivity index (χ0) is 12.3. The molecule has 1 heterocycles. The minimum Gasteiger partial charge on any atom is -0.490 e. The minimum absolute atomic E-state index is 0.120. The van der Waals surface area contributed by atoms with E-state index in [0.717, 1.165) is 19.1 Å². The van der Waals surface area contributed by atoms with Crippen LogP contribution in [-0.2, 0) is 0 Å². The Kier molecular flexibility index (Phi) is 3.52. The lowest BCUT2D eigenvalue weighted by Crippen LogP contribution is -2.14. The van der Waals surface area contributed by atoms with E-state index in [-0.39, 0.29) is 12.9 Å². The highest BCUT2D eigenvalue weighted by Gasteiger charge is 2.19. The summed E-state index contributed by atoms with van der Waals surface area (Å²) in [5, 5.41) is 0. The van der Waals surface area contributed by atoms with Crippen LogP contribution in [0.4, 0.5) is 0 Å². The predicted octanol–water partition coefficient (Wildman–Crippen LogP) is 2.80. The van der Waals surface area contributed by atoms with E-state index in [1.54, 1.807) is 12.1 Å². The van der Waals surface area contributed by atoms with Crippen LogP contribution < -0.4 is 14.2 Å². The van der Waals surface area contributed by atoms with Crippen molar-refractivity contribution in [2.75, 3.05) is 6.79 Å². The summed E-state index contributed by atoms with van der Waals surface area (Å²) in [6, 6.07) is 3.39. The van der Waals surface area contributed by atoms with Crippen LogP contribution in [0.2, 0.25) is 0 Å². The molecule has 0 radical (unpaired) electrons. The Hall–Kier alpha value is -1.71. The van der Waals surface area contributed by atoms with Gasteiger partial charge < -0.3 is 14.2 Å². The van der Waals surface area contributed by atoms with E-state index >= 15 is 0 Å². The summed E-state index contributed by atoms with van der Waals surface area (Å²) >= 11 is 0. The molecule has 0 bridgehead atoms.